The van der Waals surface area contributed by atoms with Crippen molar-refractivity contribution < 1.29 is 4.79 Å². The predicted molar refractivity (Wildman–Crippen MR) is 109 cm³/mol. The standard InChI is InChI=1S/C20H23ClN4OS/c1-12-11-27-18(22-12)10-25(2)20(26)15-6-4-3-5-14(15)19-23-16-8-7-13(21)9-17(16)24-19/h7-9,11,14-15H,3-6,10H2,1-2H3,(H,23,24)/t14-,15-/m1/s1. The number of carbonyl (C=O) groups is 1. The summed E-state index contributed by atoms with van der Waals surface area (Å²) in [7, 11) is 1.88. The van der Waals surface area contributed by atoms with Gasteiger partial charge in [0.15, 0.2) is 0 Å². The third-order valence-corrected chi connectivity index (χ3v) is 6.50. The fourth-order valence-corrected chi connectivity index (χ4v) is 4.97. The molecule has 2 aromatic heterocycles. The van der Waals surface area contributed by atoms with E-state index in [2.05, 4.69) is 9.97 Å². The molecule has 0 unspecified atom stereocenters. The Morgan fingerprint density at radius 2 is 2.15 bits per heavy atom. The summed E-state index contributed by atoms with van der Waals surface area (Å²) < 4.78 is 0. The Kier molecular flexibility index (Phi) is 5.19. The second-order valence-corrected chi connectivity index (χ2v) is 8.74. The number of nitrogens with zero attached hydrogens (tertiary/aromatic N) is 3. The van der Waals surface area contributed by atoms with Crippen molar-refractivity contribution in [3.05, 3.63) is 45.1 Å². The minimum Gasteiger partial charge on any atom is -0.342 e. The molecule has 1 saturated carbocycles. The zero-order chi connectivity index (χ0) is 19.0. The average Bonchev–Trinajstić information content (AvgIpc) is 3.26. The minimum atomic E-state index is -0.0409. The van der Waals surface area contributed by atoms with Crippen molar-refractivity contribution in [3.63, 3.8) is 0 Å². The first-order chi connectivity index (χ1) is 13.0. The van der Waals surface area contributed by atoms with Crippen LogP contribution in [-0.2, 0) is 11.3 Å². The summed E-state index contributed by atoms with van der Waals surface area (Å²) in [6.07, 6.45) is 4.10. The number of hydrogen-bond acceptors (Lipinski definition) is 4. The molecule has 1 aliphatic rings. The summed E-state index contributed by atoms with van der Waals surface area (Å²) in [5.74, 6) is 1.17. The summed E-state index contributed by atoms with van der Waals surface area (Å²) in [6.45, 7) is 2.54. The molecule has 4 rings (SSSR count). The van der Waals surface area contributed by atoms with Crippen LogP contribution in [0, 0.1) is 12.8 Å². The maximum Gasteiger partial charge on any atom is 0.226 e. The highest BCUT2D eigenvalue weighted by molar-refractivity contribution is 7.09. The number of imidazole rings is 1. The summed E-state index contributed by atoms with van der Waals surface area (Å²) in [6, 6.07) is 5.67. The number of carbonyl (C=O) groups excluding carboxylic acids is 1. The van der Waals surface area contributed by atoms with Crippen molar-refractivity contribution in [1.82, 2.24) is 19.9 Å². The van der Waals surface area contributed by atoms with E-state index < -0.39 is 0 Å². The fourth-order valence-electron chi connectivity index (χ4n) is 3.97. The van der Waals surface area contributed by atoms with E-state index in [0.29, 0.717) is 11.6 Å². The Bertz CT molecular complexity index is 966. The van der Waals surface area contributed by atoms with Crippen LogP contribution in [0.5, 0.6) is 0 Å². The van der Waals surface area contributed by atoms with Gasteiger partial charge in [0.1, 0.15) is 10.8 Å². The van der Waals surface area contributed by atoms with Gasteiger partial charge in [-0.05, 0) is 38.0 Å². The number of rotatable bonds is 4. The third-order valence-electron chi connectivity index (χ3n) is 5.31. The van der Waals surface area contributed by atoms with Crippen molar-refractivity contribution in [1.29, 1.82) is 0 Å². The highest BCUT2D eigenvalue weighted by Gasteiger charge is 2.35. The van der Waals surface area contributed by atoms with Crippen LogP contribution < -0.4 is 0 Å². The lowest BCUT2D eigenvalue weighted by molar-refractivity contribution is -0.136. The quantitative estimate of drug-likeness (QED) is 0.674. The highest BCUT2D eigenvalue weighted by atomic mass is 35.5. The zero-order valence-corrected chi connectivity index (χ0v) is 17.1. The number of aromatic amines is 1. The van der Waals surface area contributed by atoms with Crippen LogP contribution in [0.2, 0.25) is 5.02 Å². The lowest BCUT2D eigenvalue weighted by Gasteiger charge is -2.32. The zero-order valence-electron chi connectivity index (χ0n) is 15.5. The Balaban J connectivity index is 1.56. The molecule has 0 spiro atoms. The van der Waals surface area contributed by atoms with Gasteiger partial charge in [-0.25, -0.2) is 9.97 Å². The molecule has 2 heterocycles. The topological polar surface area (TPSA) is 61.9 Å². The maximum atomic E-state index is 13.2. The van der Waals surface area contributed by atoms with Crippen molar-refractivity contribution in [3.8, 4) is 0 Å². The number of aryl methyl sites for hydroxylation is 1. The van der Waals surface area contributed by atoms with E-state index in [1.165, 1.54) is 0 Å². The molecule has 5 nitrogen and oxygen atoms in total. The summed E-state index contributed by atoms with van der Waals surface area (Å²) >= 11 is 7.71. The number of amides is 1. The van der Waals surface area contributed by atoms with Crippen molar-refractivity contribution in [2.24, 2.45) is 5.92 Å². The van der Waals surface area contributed by atoms with Gasteiger partial charge in [-0.15, -0.1) is 11.3 Å². The number of H-pyrrole nitrogens is 1. The van der Waals surface area contributed by atoms with Gasteiger partial charge in [-0.3, -0.25) is 4.79 Å². The molecule has 3 aromatic rings. The third kappa shape index (κ3) is 3.87. The monoisotopic (exact) mass is 402 g/mol. The van der Waals surface area contributed by atoms with Crippen molar-refractivity contribution in [2.45, 2.75) is 45.1 Å². The fraction of sp³-hybridized carbons (Fsp3) is 0.450. The van der Waals surface area contributed by atoms with E-state index in [4.69, 9.17) is 16.6 Å². The van der Waals surface area contributed by atoms with Crippen LogP contribution in [-0.4, -0.2) is 32.8 Å². The van der Waals surface area contributed by atoms with Crippen molar-refractivity contribution in [2.75, 3.05) is 7.05 Å². The molecular weight excluding hydrogens is 380 g/mol. The van der Waals surface area contributed by atoms with Crippen molar-refractivity contribution >= 4 is 39.9 Å². The van der Waals surface area contributed by atoms with E-state index in [-0.39, 0.29) is 17.7 Å². The normalized spacial score (nSPS) is 20.1. The van der Waals surface area contributed by atoms with E-state index in [1.54, 1.807) is 11.3 Å². The van der Waals surface area contributed by atoms with E-state index in [9.17, 15) is 4.79 Å². The van der Waals surface area contributed by atoms with Crippen LogP contribution in [0.4, 0.5) is 0 Å². The Labute approximate surface area is 167 Å². The number of aromatic nitrogens is 3. The van der Waals surface area contributed by atoms with Gasteiger partial charge in [-0.2, -0.15) is 0 Å². The van der Waals surface area contributed by atoms with Crippen LogP contribution in [0.3, 0.4) is 0 Å². The van der Waals surface area contributed by atoms with Gasteiger partial charge >= 0.3 is 0 Å². The Morgan fingerprint density at radius 1 is 1.33 bits per heavy atom. The first-order valence-electron chi connectivity index (χ1n) is 9.32. The molecule has 0 saturated heterocycles. The maximum absolute atomic E-state index is 13.2. The molecule has 0 aliphatic heterocycles. The number of benzene rings is 1. The first kappa shape index (κ1) is 18.4. The molecular formula is C20H23ClN4OS. The summed E-state index contributed by atoms with van der Waals surface area (Å²) in [5.41, 5.74) is 2.84. The van der Waals surface area contributed by atoms with Gasteiger partial charge in [0.2, 0.25) is 5.91 Å². The lowest BCUT2D eigenvalue weighted by atomic mass is 9.78. The van der Waals surface area contributed by atoms with Gasteiger partial charge in [0.05, 0.1) is 17.6 Å². The van der Waals surface area contributed by atoms with Gasteiger partial charge in [0, 0.05) is 35.0 Å². The first-order valence-corrected chi connectivity index (χ1v) is 10.6. The Hall–Kier alpha value is -1.92. The molecule has 0 bridgehead atoms. The molecule has 1 fully saturated rings. The smallest absolute Gasteiger partial charge is 0.226 e. The Morgan fingerprint density at radius 3 is 2.93 bits per heavy atom. The molecule has 7 heteroatoms. The van der Waals surface area contributed by atoms with E-state index >= 15 is 0 Å². The van der Waals surface area contributed by atoms with Gasteiger partial charge in [-0.1, -0.05) is 24.4 Å². The SMILES string of the molecule is Cc1csc(CN(C)C(=O)[C@@H]2CCCC[C@H]2c2nc3ccc(Cl)cc3[nH]2)n1. The number of nitrogens with one attached hydrogen (secondary N) is 1. The molecule has 1 aliphatic carbocycles. The molecule has 27 heavy (non-hydrogen) atoms. The van der Waals surface area contributed by atoms with Gasteiger partial charge < -0.3 is 9.88 Å². The molecule has 1 N–H and O–H groups in total. The second-order valence-electron chi connectivity index (χ2n) is 7.36. The minimum absolute atomic E-state index is 0.0409. The lowest BCUT2D eigenvalue weighted by Crippen LogP contribution is -2.37. The molecule has 1 aromatic carbocycles. The molecule has 2 atom stereocenters. The summed E-state index contributed by atoms with van der Waals surface area (Å²) in [4.78, 5) is 27.7. The molecule has 1 amide bonds. The average molecular weight is 403 g/mol. The molecule has 0 radical (unpaired) electrons. The number of halogens is 1. The van der Waals surface area contributed by atoms with Gasteiger partial charge in [0.25, 0.3) is 0 Å². The van der Waals surface area contributed by atoms with Crippen LogP contribution in [0.15, 0.2) is 23.6 Å². The predicted octanol–water partition coefficient (Wildman–Crippen LogP) is 4.91. The van der Waals surface area contributed by atoms with Crippen LogP contribution in [0.1, 0.15) is 48.1 Å². The van der Waals surface area contributed by atoms with E-state index in [0.717, 1.165) is 53.2 Å². The number of fused-ring (bicyclic) bond motifs is 1. The van der Waals surface area contributed by atoms with Crippen LogP contribution in [0.25, 0.3) is 11.0 Å². The number of hydrogen-bond donors (Lipinski definition) is 1. The van der Waals surface area contributed by atoms with Crippen LogP contribution >= 0.6 is 22.9 Å². The van der Waals surface area contributed by atoms with E-state index in [1.807, 2.05) is 42.5 Å². The highest BCUT2D eigenvalue weighted by Crippen LogP contribution is 2.38. The summed E-state index contributed by atoms with van der Waals surface area (Å²) in [5, 5.41) is 3.69. The number of thiazole rings is 1. The molecule has 142 valence electrons. The largest absolute Gasteiger partial charge is 0.342 e. The second kappa shape index (κ2) is 7.60.